The van der Waals surface area contributed by atoms with Crippen LogP contribution in [0.3, 0.4) is 0 Å². The lowest BCUT2D eigenvalue weighted by Gasteiger charge is -2.12. The summed E-state index contributed by atoms with van der Waals surface area (Å²) < 4.78 is 12.3. The van der Waals surface area contributed by atoms with Crippen LogP contribution < -0.4 is 20.1 Å². The van der Waals surface area contributed by atoms with Crippen LogP contribution in [0.2, 0.25) is 5.02 Å². The average Bonchev–Trinajstić information content (AvgIpc) is 3.01. The minimum absolute atomic E-state index is 0.370. The predicted molar refractivity (Wildman–Crippen MR) is 112 cm³/mol. The van der Waals surface area contributed by atoms with Gasteiger partial charge in [0.25, 0.3) is 0 Å². The van der Waals surface area contributed by atoms with Gasteiger partial charge in [0.15, 0.2) is 22.4 Å². The first-order valence-corrected chi connectivity index (χ1v) is 8.94. The number of anilines is 2. The van der Waals surface area contributed by atoms with E-state index in [1.807, 2.05) is 36.4 Å². The minimum atomic E-state index is 0.370. The highest BCUT2D eigenvalue weighted by Crippen LogP contribution is 2.30. The van der Waals surface area contributed by atoms with Crippen LogP contribution in [-0.2, 0) is 6.54 Å². The van der Waals surface area contributed by atoms with Crippen LogP contribution in [0.25, 0.3) is 0 Å². The number of halogens is 1. The highest BCUT2D eigenvalue weighted by molar-refractivity contribution is 7.80. The zero-order chi connectivity index (χ0) is 19.2. The summed E-state index contributed by atoms with van der Waals surface area (Å²) in [4.78, 5) is 0. The van der Waals surface area contributed by atoms with E-state index in [1.165, 1.54) is 0 Å². The normalized spacial score (nSPS) is 10.3. The number of benzene rings is 2. The van der Waals surface area contributed by atoms with E-state index in [0.717, 1.165) is 11.3 Å². The van der Waals surface area contributed by atoms with E-state index in [1.54, 1.807) is 37.2 Å². The molecule has 0 aliphatic heterocycles. The number of ether oxygens (including phenoxy) is 2. The third-order valence-corrected chi connectivity index (χ3v) is 4.26. The predicted octanol–water partition coefficient (Wildman–Crippen LogP) is 4.41. The lowest BCUT2D eigenvalue weighted by molar-refractivity contribution is 0.355. The van der Waals surface area contributed by atoms with Crippen LogP contribution in [0.15, 0.2) is 54.7 Å². The van der Waals surface area contributed by atoms with Crippen molar-refractivity contribution >= 4 is 40.4 Å². The molecule has 0 atom stereocenters. The van der Waals surface area contributed by atoms with E-state index >= 15 is 0 Å². The topological polar surface area (TPSA) is 60.3 Å². The van der Waals surface area contributed by atoms with E-state index in [9.17, 15) is 0 Å². The smallest absolute Gasteiger partial charge is 0.176 e. The fraction of sp³-hybridized carbons (Fsp3) is 0.158. The Morgan fingerprint density at radius 1 is 1.07 bits per heavy atom. The van der Waals surface area contributed by atoms with Crippen molar-refractivity contribution in [3.8, 4) is 11.5 Å². The van der Waals surface area contributed by atoms with Gasteiger partial charge in [-0.25, -0.2) is 0 Å². The Kier molecular flexibility index (Phi) is 6.16. The van der Waals surface area contributed by atoms with Gasteiger partial charge in [0.1, 0.15) is 5.02 Å². The quantitative estimate of drug-likeness (QED) is 0.595. The van der Waals surface area contributed by atoms with Crippen molar-refractivity contribution < 1.29 is 9.47 Å². The number of methoxy groups -OCH3 is 2. The molecule has 0 radical (unpaired) electrons. The van der Waals surface area contributed by atoms with Crippen molar-refractivity contribution in [3.63, 3.8) is 0 Å². The Morgan fingerprint density at radius 2 is 1.81 bits per heavy atom. The molecule has 3 rings (SSSR count). The third kappa shape index (κ3) is 4.90. The summed E-state index contributed by atoms with van der Waals surface area (Å²) in [5.74, 6) is 1.74. The minimum Gasteiger partial charge on any atom is -0.493 e. The van der Waals surface area contributed by atoms with E-state index < -0.39 is 0 Å². The molecule has 27 heavy (non-hydrogen) atoms. The number of aromatic nitrogens is 2. The molecule has 0 saturated carbocycles. The SMILES string of the molecule is COc1ccc(NC(=S)Nc2nn(Cc3ccccc3)cc2Cl)cc1OC. The van der Waals surface area contributed by atoms with Gasteiger partial charge in [-0.1, -0.05) is 41.9 Å². The Labute approximate surface area is 168 Å². The molecule has 2 aromatic carbocycles. The molecule has 8 heteroatoms. The Balaban J connectivity index is 1.66. The molecule has 0 saturated heterocycles. The molecule has 0 fully saturated rings. The summed E-state index contributed by atoms with van der Waals surface area (Å²) in [7, 11) is 3.17. The Hall–Kier alpha value is -2.77. The third-order valence-electron chi connectivity index (χ3n) is 3.78. The summed E-state index contributed by atoms with van der Waals surface area (Å²) in [6, 6.07) is 15.4. The van der Waals surface area contributed by atoms with Crippen molar-refractivity contribution in [2.24, 2.45) is 0 Å². The molecule has 0 amide bonds. The standard InChI is InChI=1S/C19H19ClN4O2S/c1-25-16-9-8-14(10-17(16)26-2)21-19(27)22-18-15(20)12-24(23-18)11-13-6-4-3-5-7-13/h3-10,12H,11H2,1-2H3,(H2,21,22,23,27). The summed E-state index contributed by atoms with van der Waals surface area (Å²) in [6.07, 6.45) is 1.76. The number of hydrogen-bond acceptors (Lipinski definition) is 4. The van der Waals surface area contributed by atoms with Crippen molar-refractivity contribution in [2.45, 2.75) is 6.54 Å². The van der Waals surface area contributed by atoms with Gasteiger partial charge in [0.2, 0.25) is 0 Å². The number of nitrogens with one attached hydrogen (secondary N) is 2. The molecule has 140 valence electrons. The summed E-state index contributed by atoms with van der Waals surface area (Å²) in [5.41, 5.74) is 1.89. The van der Waals surface area contributed by atoms with Crippen LogP contribution >= 0.6 is 23.8 Å². The van der Waals surface area contributed by atoms with Crippen LogP contribution in [0, 0.1) is 0 Å². The second-order valence-electron chi connectivity index (χ2n) is 5.66. The van der Waals surface area contributed by atoms with Gasteiger partial charge in [0, 0.05) is 18.0 Å². The molecule has 2 N–H and O–H groups in total. The van der Waals surface area contributed by atoms with Gasteiger partial charge >= 0.3 is 0 Å². The lowest BCUT2D eigenvalue weighted by atomic mass is 10.2. The lowest BCUT2D eigenvalue weighted by Crippen LogP contribution is -2.19. The van der Waals surface area contributed by atoms with Gasteiger partial charge in [-0.2, -0.15) is 5.10 Å². The molecule has 6 nitrogen and oxygen atoms in total. The van der Waals surface area contributed by atoms with E-state index in [0.29, 0.717) is 34.0 Å². The second-order valence-corrected chi connectivity index (χ2v) is 6.47. The van der Waals surface area contributed by atoms with Crippen molar-refractivity contribution in [1.82, 2.24) is 9.78 Å². The molecule has 0 aliphatic carbocycles. The number of rotatable bonds is 6. The van der Waals surface area contributed by atoms with E-state index in [4.69, 9.17) is 33.3 Å². The summed E-state index contributed by atoms with van der Waals surface area (Å²) in [5, 5.41) is 11.4. The fourth-order valence-corrected chi connectivity index (χ4v) is 2.93. The van der Waals surface area contributed by atoms with Gasteiger partial charge in [-0.3, -0.25) is 4.68 Å². The monoisotopic (exact) mass is 402 g/mol. The molecule has 0 spiro atoms. The maximum atomic E-state index is 6.28. The van der Waals surface area contributed by atoms with Crippen LogP contribution in [0.4, 0.5) is 11.5 Å². The zero-order valence-electron chi connectivity index (χ0n) is 14.9. The zero-order valence-corrected chi connectivity index (χ0v) is 16.5. The van der Waals surface area contributed by atoms with Crippen molar-refractivity contribution in [3.05, 3.63) is 65.3 Å². The molecule has 0 unspecified atom stereocenters. The average molecular weight is 403 g/mol. The van der Waals surface area contributed by atoms with Crippen molar-refractivity contribution in [2.75, 3.05) is 24.9 Å². The molecule has 1 aromatic heterocycles. The van der Waals surface area contributed by atoms with Gasteiger partial charge in [-0.05, 0) is 29.9 Å². The molecule has 0 aliphatic rings. The molecule has 3 aromatic rings. The number of hydrogen-bond donors (Lipinski definition) is 2. The largest absolute Gasteiger partial charge is 0.493 e. The van der Waals surface area contributed by atoms with Crippen LogP contribution in [0.5, 0.6) is 11.5 Å². The van der Waals surface area contributed by atoms with Crippen molar-refractivity contribution in [1.29, 1.82) is 0 Å². The Morgan fingerprint density at radius 3 is 2.52 bits per heavy atom. The second kappa shape index (κ2) is 8.75. The number of nitrogens with zero attached hydrogens (tertiary/aromatic N) is 2. The molecular weight excluding hydrogens is 384 g/mol. The Bertz CT molecular complexity index is 931. The first kappa shape index (κ1) is 19.0. The first-order valence-electron chi connectivity index (χ1n) is 8.16. The highest BCUT2D eigenvalue weighted by atomic mass is 35.5. The fourth-order valence-electron chi connectivity index (χ4n) is 2.52. The van der Waals surface area contributed by atoms with Crippen LogP contribution in [-0.4, -0.2) is 29.1 Å². The van der Waals surface area contributed by atoms with Gasteiger partial charge in [-0.15, -0.1) is 0 Å². The molecule has 1 heterocycles. The van der Waals surface area contributed by atoms with Gasteiger partial charge < -0.3 is 20.1 Å². The number of thiocarbonyl (C=S) groups is 1. The first-order chi connectivity index (χ1) is 13.1. The molecule has 0 bridgehead atoms. The summed E-state index contributed by atoms with van der Waals surface area (Å²) in [6.45, 7) is 0.623. The van der Waals surface area contributed by atoms with E-state index in [-0.39, 0.29) is 0 Å². The maximum Gasteiger partial charge on any atom is 0.176 e. The van der Waals surface area contributed by atoms with Crippen LogP contribution in [0.1, 0.15) is 5.56 Å². The highest BCUT2D eigenvalue weighted by Gasteiger charge is 2.10. The summed E-state index contributed by atoms with van der Waals surface area (Å²) >= 11 is 11.6. The molecular formula is C19H19ClN4O2S. The van der Waals surface area contributed by atoms with Gasteiger partial charge in [0.05, 0.1) is 20.8 Å². The maximum absolute atomic E-state index is 6.28. The van der Waals surface area contributed by atoms with E-state index in [2.05, 4.69) is 15.7 Å².